The second-order valence-corrected chi connectivity index (χ2v) is 8.54. The predicted molar refractivity (Wildman–Crippen MR) is 125 cm³/mol. The molecular formula is C26H26FN5O. The van der Waals surface area contributed by atoms with E-state index in [2.05, 4.69) is 22.5 Å². The van der Waals surface area contributed by atoms with E-state index in [1.807, 2.05) is 23.1 Å². The Hall–Kier alpha value is -3.61. The van der Waals surface area contributed by atoms with Crippen LogP contribution >= 0.6 is 0 Å². The van der Waals surface area contributed by atoms with Crippen LogP contribution in [0, 0.1) is 11.7 Å². The highest BCUT2D eigenvalue weighted by Crippen LogP contribution is 2.35. The van der Waals surface area contributed by atoms with E-state index < -0.39 is 0 Å². The van der Waals surface area contributed by atoms with E-state index in [1.165, 1.54) is 12.1 Å². The number of amides is 1. The summed E-state index contributed by atoms with van der Waals surface area (Å²) in [7, 11) is 0. The van der Waals surface area contributed by atoms with E-state index in [-0.39, 0.29) is 23.7 Å². The molecule has 3 aromatic rings. The highest BCUT2D eigenvalue weighted by molar-refractivity contribution is 5.80. The van der Waals surface area contributed by atoms with E-state index in [1.54, 1.807) is 24.5 Å². The van der Waals surface area contributed by atoms with E-state index in [0.29, 0.717) is 17.3 Å². The maximum absolute atomic E-state index is 13.7. The van der Waals surface area contributed by atoms with Crippen LogP contribution in [-0.2, 0) is 4.79 Å². The van der Waals surface area contributed by atoms with Crippen molar-refractivity contribution in [2.75, 3.05) is 11.9 Å². The van der Waals surface area contributed by atoms with Crippen molar-refractivity contribution in [1.29, 1.82) is 0 Å². The van der Waals surface area contributed by atoms with Gasteiger partial charge in [-0.25, -0.2) is 14.4 Å². The first-order valence-electron chi connectivity index (χ1n) is 11.4. The zero-order valence-electron chi connectivity index (χ0n) is 18.3. The van der Waals surface area contributed by atoms with Crippen LogP contribution in [0.25, 0.3) is 11.3 Å². The number of hydrogen-bond acceptors (Lipinski definition) is 5. The number of benzene rings is 1. The van der Waals surface area contributed by atoms with Crippen LogP contribution in [0.5, 0.6) is 0 Å². The average molecular weight is 444 g/mol. The fraction of sp³-hybridized carbons (Fsp3) is 0.308. The molecule has 6 nitrogen and oxygen atoms in total. The molecule has 33 heavy (non-hydrogen) atoms. The van der Waals surface area contributed by atoms with Gasteiger partial charge in [0.15, 0.2) is 5.82 Å². The number of carbonyl (C=O) groups is 1. The Kier molecular flexibility index (Phi) is 6.11. The predicted octanol–water partition coefficient (Wildman–Crippen LogP) is 5.44. The van der Waals surface area contributed by atoms with Crippen molar-refractivity contribution in [2.24, 2.45) is 5.92 Å². The fourth-order valence-corrected chi connectivity index (χ4v) is 4.61. The summed E-state index contributed by atoms with van der Waals surface area (Å²) < 4.78 is 13.7. The minimum atomic E-state index is -0.322. The van der Waals surface area contributed by atoms with Gasteiger partial charge in [0.2, 0.25) is 5.91 Å². The van der Waals surface area contributed by atoms with Crippen molar-refractivity contribution >= 4 is 17.4 Å². The number of anilines is 2. The van der Waals surface area contributed by atoms with Crippen LogP contribution in [0.3, 0.4) is 0 Å². The summed E-state index contributed by atoms with van der Waals surface area (Å²) in [6.45, 7) is 0.721. The largest absolute Gasteiger partial charge is 0.340 e. The molecular weight excluding hydrogens is 417 g/mol. The van der Waals surface area contributed by atoms with Crippen molar-refractivity contribution in [3.63, 3.8) is 0 Å². The van der Waals surface area contributed by atoms with Crippen LogP contribution in [0.1, 0.15) is 44.0 Å². The third-order valence-electron chi connectivity index (χ3n) is 6.27. The van der Waals surface area contributed by atoms with Crippen LogP contribution < -0.4 is 5.32 Å². The van der Waals surface area contributed by atoms with Crippen LogP contribution in [0.4, 0.5) is 15.9 Å². The van der Waals surface area contributed by atoms with E-state index in [0.717, 1.165) is 49.9 Å². The van der Waals surface area contributed by atoms with Crippen LogP contribution in [-0.4, -0.2) is 32.3 Å². The minimum Gasteiger partial charge on any atom is -0.340 e. The van der Waals surface area contributed by atoms with Crippen molar-refractivity contribution in [1.82, 2.24) is 19.9 Å². The summed E-state index contributed by atoms with van der Waals surface area (Å²) >= 11 is 0. The van der Waals surface area contributed by atoms with Gasteiger partial charge in [0, 0.05) is 42.2 Å². The lowest BCUT2D eigenvalue weighted by atomic mass is 9.93. The summed E-state index contributed by atoms with van der Waals surface area (Å²) in [6.07, 6.45) is 12.1. The Labute approximate surface area is 192 Å². The minimum absolute atomic E-state index is 0.0314. The molecule has 5 rings (SSSR count). The number of carbonyl (C=O) groups excluding carboxylic acids is 1. The lowest BCUT2D eigenvalue weighted by Gasteiger charge is -2.29. The molecule has 0 unspecified atom stereocenters. The molecule has 1 N–H and O–H groups in total. The summed E-state index contributed by atoms with van der Waals surface area (Å²) in [5.41, 5.74) is 2.25. The van der Waals surface area contributed by atoms with Crippen molar-refractivity contribution in [3.8, 4) is 11.3 Å². The molecule has 0 spiro atoms. The van der Waals surface area contributed by atoms with Gasteiger partial charge >= 0.3 is 0 Å². The average Bonchev–Trinajstić information content (AvgIpc) is 3.35. The molecule has 0 bridgehead atoms. The van der Waals surface area contributed by atoms with Gasteiger partial charge in [-0.15, -0.1) is 0 Å². The van der Waals surface area contributed by atoms with Crippen molar-refractivity contribution < 1.29 is 9.18 Å². The maximum atomic E-state index is 13.7. The molecule has 168 valence electrons. The lowest BCUT2D eigenvalue weighted by molar-refractivity contribution is -0.136. The van der Waals surface area contributed by atoms with E-state index in [9.17, 15) is 9.18 Å². The molecule has 1 aliphatic carbocycles. The van der Waals surface area contributed by atoms with Crippen molar-refractivity contribution in [3.05, 3.63) is 78.7 Å². The van der Waals surface area contributed by atoms with Gasteiger partial charge in [0.25, 0.3) is 0 Å². The second kappa shape index (κ2) is 9.48. The van der Waals surface area contributed by atoms with E-state index >= 15 is 0 Å². The zero-order chi connectivity index (χ0) is 22.6. The molecule has 1 aromatic carbocycles. The van der Waals surface area contributed by atoms with Crippen LogP contribution in [0.15, 0.2) is 67.0 Å². The van der Waals surface area contributed by atoms with Gasteiger partial charge in [0.05, 0.1) is 11.7 Å². The Morgan fingerprint density at radius 3 is 2.73 bits per heavy atom. The monoisotopic (exact) mass is 443 g/mol. The quantitative estimate of drug-likeness (QED) is 0.532. The number of aromatic nitrogens is 3. The molecule has 0 saturated carbocycles. The van der Waals surface area contributed by atoms with Gasteiger partial charge in [-0.3, -0.25) is 9.78 Å². The number of pyridine rings is 1. The van der Waals surface area contributed by atoms with Gasteiger partial charge in [-0.2, -0.15) is 0 Å². The first-order valence-corrected chi connectivity index (χ1v) is 11.4. The van der Waals surface area contributed by atoms with Gasteiger partial charge in [-0.05, 0) is 62.4 Å². The first-order chi connectivity index (χ1) is 16.2. The van der Waals surface area contributed by atoms with E-state index in [4.69, 9.17) is 9.97 Å². The normalized spacial score (nSPS) is 20.1. The highest BCUT2D eigenvalue weighted by atomic mass is 19.1. The maximum Gasteiger partial charge on any atom is 0.226 e. The summed E-state index contributed by atoms with van der Waals surface area (Å²) in [5, 5.41) is 3.21. The Bertz CT molecular complexity index is 1170. The topological polar surface area (TPSA) is 71.0 Å². The molecule has 7 heteroatoms. The lowest BCUT2D eigenvalue weighted by Crippen LogP contribution is -2.36. The number of nitrogens with one attached hydrogen (secondary N) is 1. The number of hydrogen-bond donors (Lipinski definition) is 1. The van der Waals surface area contributed by atoms with Gasteiger partial charge in [-0.1, -0.05) is 18.2 Å². The number of allylic oxidation sites excluding steroid dienone is 2. The number of nitrogens with zero attached hydrogens (tertiary/aromatic N) is 4. The van der Waals surface area contributed by atoms with Crippen LogP contribution in [0.2, 0.25) is 0 Å². The molecule has 2 aromatic heterocycles. The molecule has 2 aliphatic rings. The summed E-state index contributed by atoms with van der Waals surface area (Å²) in [5.74, 6) is 1.08. The fourth-order valence-electron chi connectivity index (χ4n) is 4.61. The number of rotatable bonds is 5. The number of likely N-dealkylation sites (tertiary alicyclic amines) is 1. The first kappa shape index (κ1) is 21.2. The number of halogens is 1. The van der Waals surface area contributed by atoms with Crippen molar-refractivity contribution in [2.45, 2.75) is 38.1 Å². The molecule has 2 atom stereocenters. The van der Waals surface area contributed by atoms with Gasteiger partial charge in [0.1, 0.15) is 11.6 Å². The molecule has 3 heterocycles. The second-order valence-electron chi connectivity index (χ2n) is 8.54. The smallest absolute Gasteiger partial charge is 0.226 e. The standard InChI is InChI=1S/C26H26FN5O/c27-20-8-4-9-21(16-20)29-24-17-22(18-11-13-28-14-12-18)30-25(31-24)23-10-5-15-32(23)26(33)19-6-2-1-3-7-19/h1-2,4,8-9,11-14,16-17,19,23H,3,5-7,10,15H2,(H,29,30,31)/t19-,23-/m0/s1. The summed E-state index contributed by atoms with van der Waals surface area (Å²) in [4.78, 5) is 29.0. The van der Waals surface area contributed by atoms with Gasteiger partial charge < -0.3 is 10.2 Å². The third kappa shape index (κ3) is 4.77. The molecule has 1 amide bonds. The summed E-state index contributed by atoms with van der Waals surface area (Å²) in [6, 6.07) is 11.7. The molecule has 0 radical (unpaired) electrons. The molecule has 1 fully saturated rings. The highest BCUT2D eigenvalue weighted by Gasteiger charge is 2.35. The Morgan fingerprint density at radius 2 is 1.94 bits per heavy atom. The zero-order valence-corrected chi connectivity index (χ0v) is 18.3. The SMILES string of the molecule is O=C([C@H]1CC=CCC1)N1CCC[C@H]1c1nc(Nc2cccc(F)c2)cc(-c2ccncc2)n1. The Balaban J connectivity index is 1.50. The third-order valence-corrected chi connectivity index (χ3v) is 6.27. The molecule has 1 saturated heterocycles. The molecule has 1 aliphatic heterocycles. The Morgan fingerprint density at radius 1 is 1.06 bits per heavy atom.